The van der Waals surface area contributed by atoms with E-state index >= 15 is 0 Å². The molecule has 0 spiro atoms. The molecule has 0 fully saturated rings. The molecule has 1 aliphatic rings. The van der Waals surface area contributed by atoms with Crippen molar-refractivity contribution in [2.24, 2.45) is 5.92 Å². The first kappa shape index (κ1) is 16.3. The first-order valence-corrected chi connectivity index (χ1v) is 7.38. The van der Waals surface area contributed by atoms with Gasteiger partial charge in [0.1, 0.15) is 11.6 Å². The summed E-state index contributed by atoms with van der Waals surface area (Å²) in [5, 5.41) is 12.0. The van der Waals surface area contributed by atoms with E-state index in [9.17, 15) is 23.1 Å². The van der Waals surface area contributed by atoms with Gasteiger partial charge in [0.2, 0.25) is 0 Å². The molecular weight excluding hydrogens is 325 g/mol. The van der Waals surface area contributed by atoms with Gasteiger partial charge in [0.05, 0.1) is 11.8 Å². The second-order valence-electron chi connectivity index (χ2n) is 5.74. The SMILES string of the molecule is O=C(NCC1CCc2nc(C(F)(F)F)cn2C1)c1cncc(O)c1. The number of carbonyl (C=O) groups excluding carboxylic acids is 1. The van der Waals surface area contributed by atoms with Gasteiger partial charge in [-0.1, -0.05) is 0 Å². The summed E-state index contributed by atoms with van der Waals surface area (Å²) < 4.78 is 39.6. The van der Waals surface area contributed by atoms with Crippen molar-refractivity contribution in [2.45, 2.75) is 25.6 Å². The zero-order chi connectivity index (χ0) is 17.3. The summed E-state index contributed by atoms with van der Waals surface area (Å²) in [5.74, 6) is -0.0575. The minimum absolute atomic E-state index is 0.0157. The summed E-state index contributed by atoms with van der Waals surface area (Å²) in [5.41, 5.74) is -0.651. The largest absolute Gasteiger partial charge is 0.506 e. The van der Waals surface area contributed by atoms with Crippen LogP contribution in [0.4, 0.5) is 13.2 Å². The smallest absolute Gasteiger partial charge is 0.434 e. The predicted octanol–water partition coefficient (Wildman–Crippen LogP) is 1.99. The molecule has 2 N–H and O–H groups in total. The van der Waals surface area contributed by atoms with Crippen molar-refractivity contribution >= 4 is 5.91 Å². The first-order valence-electron chi connectivity index (χ1n) is 7.38. The fourth-order valence-electron chi connectivity index (χ4n) is 2.71. The van der Waals surface area contributed by atoms with E-state index in [0.717, 1.165) is 6.20 Å². The van der Waals surface area contributed by atoms with E-state index in [2.05, 4.69) is 15.3 Å². The maximum atomic E-state index is 12.7. The Bertz CT molecular complexity index is 757. The molecule has 3 rings (SSSR count). The molecule has 0 bridgehead atoms. The van der Waals surface area contributed by atoms with Crippen LogP contribution in [0.25, 0.3) is 0 Å². The number of pyridine rings is 1. The molecule has 0 saturated carbocycles. The van der Waals surface area contributed by atoms with Gasteiger partial charge >= 0.3 is 6.18 Å². The average Bonchev–Trinajstić information content (AvgIpc) is 2.96. The number of imidazole rings is 1. The van der Waals surface area contributed by atoms with Gasteiger partial charge in [0, 0.05) is 31.9 Å². The maximum Gasteiger partial charge on any atom is 0.434 e. The number of hydrogen-bond acceptors (Lipinski definition) is 4. The van der Waals surface area contributed by atoms with Crippen LogP contribution >= 0.6 is 0 Å². The fourth-order valence-corrected chi connectivity index (χ4v) is 2.71. The van der Waals surface area contributed by atoms with Crippen LogP contribution in [0.3, 0.4) is 0 Å². The number of nitrogens with one attached hydrogen (secondary N) is 1. The Morgan fingerprint density at radius 3 is 2.92 bits per heavy atom. The number of aromatic nitrogens is 3. The number of rotatable bonds is 3. The monoisotopic (exact) mass is 340 g/mol. The average molecular weight is 340 g/mol. The fraction of sp³-hybridized carbons (Fsp3) is 0.400. The van der Waals surface area contributed by atoms with Crippen LogP contribution < -0.4 is 5.32 Å². The number of halogens is 3. The van der Waals surface area contributed by atoms with Gasteiger partial charge in [0.15, 0.2) is 5.69 Å². The molecule has 1 atom stereocenters. The summed E-state index contributed by atoms with van der Waals surface area (Å²) in [7, 11) is 0. The Morgan fingerprint density at radius 2 is 2.21 bits per heavy atom. The van der Waals surface area contributed by atoms with Crippen LogP contribution in [0.15, 0.2) is 24.7 Å². The number of hydrogen-bond donors (Lipinski definition) is 2. The van der Waals surface area contributed by atoms with E-state index in [4.69, 9.17) is 0 Å². The van der Waals surface area contributed by atoms with E-state index in [1.165, 1.54) is 23.0 Å². The minimum Gasteiger partial charge on any atom is -0.506 e. The highest BCUT2D eigenvalue weighted by Crippen LogP contribution is 2.30. The van der Waals surface area contributed by atoms with Gasteiger partial charge in [-0.15, -0.1) is 0 Å². The lowest BCUT2D eigenvalue weighted by atomic mass is 9.99. The van der Waals surface area contributed by atoms with Gasteiger partial charge in [-0.3, -0.25) is 9.78 Å². The molecule has 2 aromatic heterocycles. The third kappa shape index (κ3) is 3.50. The Balaban J connectivity index is 1.60. The van der Waals surface area contributed by atoms with Crippen molar-refractivity contribution in [2.75, 3.05) is 6.54 Å². The third-order valence-electron chi connectivity index (χ3n) is 3.92. The quantitative estimate of drug-likeness (QED) is 0.896. The van der Waals surface area contributed by atoms with Crippen LogP contribution in [-0.4, -0.2) is 32.1 Å². The lowest BCUT2D eigenvalue weighted by molar-refractivity contribution is -0.141. The highest BCUT2D eigenvalue weighted by molar-refractivity contribution is 5.94. The van der Waals surface area contributed by atoms with E-state index in [0.29, 0.717) is 31.8 Å². The Labute approximate surface area is 135 Å². The summed E-state index contributed by atoms with van der Waals surface area (Å²) >= 11 is 0. The van der Waals surface area contributed by atoms with Gasteiger partial charge in [-0.25, -0.2) is 4.98 Å². The zero-order valence-corrected chi connectivity index (χ0v) is 12.5. The van der Waals surface area contributed by atoms with Crippen LogP contribution in [0.1, 0.15) is 28.3 Å². The minimum atomic E-state index is -4.45. The molecule has 0 aliphatic carbocycles. The van der Waals surface area contributed by atoms with Crippen LogP contribution in [0.2, 0.25) is 0 Å². The van der Waals surface area contributed by atoms with Crippen molar-refractivity contribution in [1.29, 1.82) is 0 Å². The summed E-state index contributed by atoms with van der Waals surface area (Å²) in [4.78, 5) is 19.3. The number of alkyl halides is 3. The number of aromatic hydroxyl groups is 1. The molecule has 1 unspecified atom stereocenters. The number of carbonyl (C=O) groups is 1. The van der Waals surface area contributed by atoms with Crippen molar-refractivity contribution in [3.8, 4) is 5.75 Å². The topological polar surface area (TPSA) is 80.0 Å². The molecule has 24 heavy (non-hydrogen) atoms. The zero-order valence-electron chi connectivity index (χ0n) is 12.5. The lowest BCUT2D eigenvalue weighted by Crippen LogP contribution is -2.33. The molecule has 128 valence electrons. The molecule has 6 nitrogen and oxygen atoms in total. The van der Waals surface area contributed by atoms with E-state index in [1.807, 2.05) is 0 Å². The molecule has 9 heteroatoms. The second kappa shape index (κ2) is 6.14. The molecule has 3 heterocycles. The summed E-state index contributed by atoms with van der Waals surface area (Å²) in [6, 6.07) is 1.30. The number of nitrogens with zero attached hydrogens (tertiary/aromatic N) is 3. The van der Waals surface area contributed by atoms with Gasteiger partial charge in [-0.05, 0) is 18.4 Å². The third-order valence-corrected chi connectivity index (χ3v) is 3.92. The molecule has 0 saturated heterocycles. The standard InChI is InChI=1S/C15H15F3N4O2/c16-15(17,18)12-8-22-7-9(1-2-13(22)21-12)4-20-14(24)10-3-11(23)6-19-5-10/h3,5-6,8-9,23H,1-2,4,7H2,(H,20,24). The first-order chi connectivity index (χ1) is 11.3. The Hall–Kier alpha value is -2.58. The summed E-state index contributed by atoms with van der Waals surface area (Å²) in [6.45, 7) is 0.699. The van der Waals surface area contributed by atoms with Gasteiger partial charge in [-0.2, -0.15) is 13.2 Å². The number of fused-ring (bicyclic) bond motifs is 1. The molecule has 1 aliphatic heterocycles. The van der Waals surface area contributed by atoms with Crippen LogP contribution in [0.5, 0.6) is 5.75 Å². The highest BCUT2D eigenvalue weighted by Gasteiger charge is 2.35. The molecule has 2 aromatic rings. The lowest BCUT2D eigenvalue weighted by Gasteiger charge is -2.23. The van der Waals surface area contributed by atoms with Crippen molar-refractivity contribution < 1.29 is 23.1 Å². The normalized spacial score (nSPS) is 17.4. The summed E-state index contributed by atoms with van der Waals surface area (Å²) in [6.07, 6.45) is 0.201. The molecule has 0 radical (unpaired) electrons. The second-order valence-corrected chi connectivity index (χ2v) is 5.74. The molecule has 0 aromatic carbocycles. The van der Waals surface area contributed by atoms with Crippen LogP contribution in [0, 0.1) is 5.92 Å². The maximum absolute atomic E-state index is 12.7. The predicted molar refractivity (Wildman–Crippen MR) is 77.3 cm³/mol. The van der Waals surface area contributed by atoms with Crippen molar-refractivity contribution in [3.05, 3.63) is 41.7 Å². The van der Waals surface area contributed by atoms with Gasteiger partial charge < -0.3 is 15.0 Å². The van der Waals surface area contributed by atoms with Gasteiger partial charge in [0.25, 0.3) is 5.91 Å². The highest BCUT2D eigenvalue weighted by atomic mass is 19.4. The number of amides is 1. The Morgan fingerprint density at radius 1 is 1.42 bits per heavy atom. The van der Waals surface area contributed by atoms with Crippen molar-refractivity contribution in [1.82, 2.24) is 19.9 Å². The van der Waals surface area contributed by atoms with E-state index in [1.54, 1.807) is 0 Å². The molecular formula is C15H15F3N4O2. The van der Waals surface area contributed by atoms with E-state index in [-0.39, 0.29) is 23.1 Å². The molecule has 1 amide bonds. The van der Waals surface area contributed by atoms with E-state index < -0.39 is 11.9 Å². The van der Waals surface area contributed by atoms with Crippen LogP contribution in [-0.2, 0) is 19.1 Å². The number of aryl methyl sites for hydroxylation is 1. The van der Waals surface area contributed by atoms with Crippen molar-refractivity contribution in [3.63, 3.8) is 0 Å². The Kier molecular flexibility index (Phi) is 4.16.